The SMILES string of the molecule is COC(=O)c1sccc1Nc1nc(Nc2ccc(N3CCC(N4CCCC4)CC3)cc2OC)ncc1[N+](=O)[O-]. The summed E-state index contributed by atoms with van der Waals surface area (Å²) >= 11 is 1.16. The van der Waals surface area contributed by atoms with Crippen LogP contribution in [0.25, 0.3) is 0 Å². The maximum Gasteiger partial charge on any atom is 0.350 e. The van der Waals surface area contributed by atoms with Gasteiger partial charge < -0.3 is 29.9 Å². The van der Waals surface area contributed by atoms with Crippen LogP contribution >= 0.6 is 11.3 Å². The van der Waals surface area contributed by atoms with Crippen molar-refractivity contribution in [2.75, 3.05) is 55.9 Å². The molecule has 0 amide bonds. The Morgan fingerprint density at radius 1 is 1.10 bits per heavy atom. The van der Waals surface area contributed by atoms with Crippen LogP contribution in [0.4, 0.5) is 34.5 Å². The number of ether oxygens (including phenoxy) is 2. The van der Waals surface area contributed by atoms with Gasteiger partial charge in [0.15, 0.2) is 0 Å². The molecule has 13 heteroatoms. The third-order valence-corrected chi connectivity index (χ3v) is 8.07. The van der Waals surface area contributed by atoms with E-state index in [-0.39, 0.29) is 22.3 Å². The van der Waals surface area contributed by atoms with E-state index in [9.17, 15) is 14.9 Å². The number of anilines is 5. The zero-order valence-corrected chi connectivity index (χ0v) is 22.7. The Balaban J connectivity index is 1.32. The summed E-state index contributed by atoms with van der Waals surface area (Å²) < 4.78 is 10.5. The number of nitro groups is 1. The summed E-state index contributed by atoms with van der Waals surface area (Å²) in [6.45, 7) is 4.43. The molecule has 3 aromatic rings. The number of nitrogens with one attached hydrogen (secondary N) is 2. The van der Waals surface area contributed by atoms with E-state index in [0.29, 0.717) is 23.2 Å². The zero-order valence-electron chi connectivity index (χ0n) is 21.9. The van der Waals surface area contributed by atoms with Crippen molar-refractivity contribution < 1.29 is 19.2 Å². The summed E-state index contributed by atoms with van der Waals surface area (Å²) in [7, 11) is 2.87. The van der Waals surface area contributed by atoms with Crippen molar-refractivity contribution in [3.63, 3.8) is 0 Å². The minimum absolute atomic E-state index is 0.0579. The van der Waals surface area contributed by atoms with Gasteiger partial charge >= 0.3 is 11.7 Å². The molecule has 2 N–H and O–H groups in total. The van der Waals surface area contributed by atoms with E-state index >= 15 is 0 Å². The highest BCUT2D eigenvalue weighted by Crippen LogP contribution is 2.35. The Morgan fingerprint density at radius 3 is 2.56 bits per heavy atom. The van der Waals surface area contributed by atoms with Crippen LogP contribution in [0, 0.1) is 10.1 Å². The highest BCUT2D eigenvalue weighted by Gasteiger charge is 2.27. The molecule has 0 saturated carbocycles. The molecule has 2 fully saturated rings. The number of likely N-dealkylation sites (tertiary alicyclic amines) is 1. The maximum atomic E-state index is 12.1. The summed E-state index contributed by atoms with van der Waals surface area (Å²) in [5, 5.41) is 19.3. The number of nitrogens with zero attached hydrogens (tertiary/aromatic N) is 5. The average Bonchev–Trinajstić information content (AvgIpc) is 3.66. The van der Waals surface area contributed by atoms with Crippen molar-refractivity contribution >= 4 is 51.8 Å². The highest BCUT2D eigenvalue weighted by molar-refractivity contribution is 7.12. The van der Waals surface area contributed by atoms with Crippen molar-refractivity contribution in [1.29, 1.82) is 0 Å². The van der Waals surface area contributed by atoms with Gasteiger partial charge in [-0.15, -0.1) is 11.3 Å². The Kier molecular flexibility index (Phi) is 8.07. The molecule has 2 aromatic heterocycles. The molecule has 0 atom stereocenters. The average molecular weight is 554 g/mol. The van der Waals surface area contributed by atoms with Crippen molar-refractivity contribution in [2.45, 2.75) is 31.7 Å². The van der Waals surface area contributed by atoms with Gasteiger partial charge in [-0.2, -0.15) is 4.98 Å². The van der Waals surface area contributed by atoms with Gasteiger partial charge in [0, 0.05) is 30.9 Å². The molecular weight excluding hydrogens is 522 g/mol. The van der Waals surface area contributed by atoms with Crippen LogP contribution in [0.3, 0.4) is 0 Å². The second-order valence-electron chi connectivity index (χ2n) is 9.44. The number of benzene rings is 1. The van der Waals surface area contributed by atoms with Crippen LogP contribution < -0.4 is 20.3 Å². The summed E-state index contributed by atoms with van der Waals surface area (Å²) in [6, 6.07) is 8.21. The molecule has 4 heterocycles. The lowest BCUT2D eigenvalue weighted by Crippen LogP contribution is -2.43. The standard InChI is InChI=1S/C26H31N7O5S/c1-37-22-15-18(32-12-7-17(8-13-32)31-10-3-4-11-31)5-6-19(22)29-26-27-16-21(33(35)36)24(30-26)28-20-9-14-39-23(20)25(34)38-2/h5-6,9,14-17H,3-4,7-8,10-13H2,1-2H3,(H2,27,28,29,30). The van der Waals surface area contributed by atoms with Crippen molar-refractivity contribution in [2.24, 2.45) is 0 Å². The topological polar surface area (TPSA) is 135 Å². The number of thiophene rings is 1. The van der Waals surface area contributed by atoms with Gasteiger partial charge in [-0.1, -0.05) is 0 Å². The van der Waals surface area contributed by atoms with Gasteiger partial charge in [-0.05, 0) is 62.4 Å². The largest absolute Gasteiger partial charge is 0.494 e. The van der Waals surface area contributed by atoms with Crippen LogP contribution in [0.1, 0.15) is 35.4 Å². The van der Waals surface area contributed by atoms with Crippen molar-refractivity contribution in [3.05, 3.63) is 50.8 Å². The maximum absolute atomic E-state index is 12.1. The number of aromatic nitrogens is 2. The third-order valence-electron chi connectivity index (χ3n) is 7.17. The van der Waals surface area contributed by atoms with E-state index < -0.39 is 10.9 Å². The smallest absolute Gasteiger partial charge is 0.350 e. The molecule has 2 saturated heterocycles. The molecule has 12 nitrogen and oxygen atoms in total. The van der Waals surface area contributed by atoms with E-state index in [1.807, 2.05) is 18.2 Å². The Bertz CT molecular complexity index is 1340. The lowest BCUT2D eigenvalue weighted by Gasteiger charge is -2.38. The van der Waals surface area contributed by atoms with Crippen LogP contribution in [-0.4, -0.2) is 72.2 Å². The number of carbonyl (C=O) groups is 1. The van der Waals surface area contributed by atoms with Crippen LogP contribution in [0.15, 0.2) is 35.8 Å². The molecular formula is C26H31N7O5S. The van der Waals surface area contributed by atoms with Gasteiger partial charge in [-0.3, -0.25) is 10.1 Å². The molecule has 39 heavy (non-hydrogen) atoms. The lowest BCUT2D eigenvalue weighted by molar-refractivity contribution is -0.384. The van der Waals surface area contributed by atoms with Gasteiger partial charge in [0.2, 0.25) is 11.8 Å². The highest BCUT2D eigenvalue weighted by atomic mass is 32.1. The number of esters is 1. The molecule has 1 aromatic carbocycles. The van der Waals surface area contributed by atoms with Crippen molar-refractivity contribution in [1.82, 2.24) is 14.9 Å². The molecule has 0 spiro atoms. The normalized spacial score (nSPS) is 16.2. The van der Waals surface area contributed by atoms with E-state index in [2.05, 4.69) is 30.4 Å². The predicted octanol–water partition coefficient (Wildman–Crippen LogP) is 4.79. The third kappa shape index (κ3) is 5.88. The first-order valence-electron chi connectivity index (χ1n) is 12.8. The van der Waals surface area contributed by atoms with Crippen LogP contribution in [0.5, 0.6) is 5.75 Å². The monoisotopic (exact) mass is 553 g/mol. The van der Waals surface area contributed by atoms with Crippen molar-refractivity contribution in [3.8, 4) is 5.75 Å². The Labute approximate surface area is 230 Å². The van der Waals surface area contributed by atoms with E-state index in [1.54, 1.807) is 18.6 Å². The van der Waals surface area contributed by atoms with Gasteiger partial charge in [-0.25, -0.2) is 9.78 Å². The molecule has 0 radical (unpaired) electrons. The molecule has 0 aliphatic carbocycles. The second kappa shape index (κ2) is 11.8. The quantitative estimate of drug-likeness (QED) is 0.215. The number of carbonyl (C=O) groups excluding carboxylic acids is 1. The Hall–Kier alpha value is -3.97. The fourth-order valence-electron chi connectivity index (χ4n) is 5.14. The summed E-state index contributed by atoms with van der Waals surface area (Å²) in [5.41, 5.74) is 1.73. The minimum Gasteiger partial charge on any atom is -0.494 e. The first kappa shape index (κ1) is 26.6. The van der Waals surface area contributed by atoms with E-state index in [1.165, 1.54) is 33.0 Å². The number of hydrogen-bond acceptors (Lipinski definition) is 12. The van der Waals surface area contributed by atoms with Gasteiger partial charge in [0.1, 0.15) is 16.8 Å². The zero-order chi connectivity index (χ0) is 27.4. The number of hydrogen-bond donors (Lipinski definition) is 2. The molecule has 2 aliphatic rings. The van der Waals surface area contributed by atoms with Gasteiger partial charge in [0.05, 0.1) is 30.5 Å². The van der Waals surface area contributed by atoms with Gasteiger partial charge in [0.25, 0.3) is 0 Å². The number of methoxy groups -OCH3 is 2. The molecule has 0 bridgehead atoms. The molecule has 5 rings (SSSR count). The minimum atomic E-state index is -0.585. The second-order valence-corrected chi connectivity index (χ2v) is 10.4. The van der Waals surface area contributed by atoms with E-state index in [4.69, 9.17) is 9.47 Å². The summed E-state index contributed by atoms with van der Waals surface area (Å²) in [4.78, 5) is 36.8. The van der Waals surface area contributed by atoms with Crippen LogP contribution in [0.2, 0.25) is 0 Å². The number of piperidine rings is 1. The summed E-state index contributed by atoms with van der Waals surface area (Å²) in [5.74, 6) is 0.136. The lowest BCUT2D eigenvalue weighted by atomic mass is 10.0. The van der Waals surface area contributed by atoms with E-state index in [0.717, 1.165) is 49.2 Å². The number of rotatable bonds is 9. The molecule has 2 aliphatic heterocycles. The van der Waals surface area contributed by atoms with Crippen LogP contribution in [-0.2, 0) is 4.74 Å². The fraction of sp³-hybridized carbons (Fsp3) is 0.423. The first-order chi connectivity index (χ1) is 19.0. The fourth-order valence-corrected chi connectivity index (χ4v) is 5.91. The Morgan fingerprint density at radius 2 is 1.87 bits per heavy atom. The summed E-state index contributed by atoms with van der Waals surface area (Å²) in [6.07, 6.45) is 6.04. The first-order valence-corrected chi connectivity index (χ1v) is 13.7. The molecule has 0 unspecified atom stereocenters. The predicted molar refractivity (Wildman–Crippen MR) is 150 cm³/mol. The molecule has 206 valence electrons.